The van der Waals surface area contributed by atoms with Gasteiger partial charge in [0.2, 0.25) is 0 Å². The van der Waals surface area contributed by atoms with E-state index in [9.17, 15) is 0 Å². The van der Waals surface area contributed by atoms with Crippen molar-refractivity contribution in [2.24, 2.45) is 11.7 Å². The highest BCUT2D eigenvalue weighted by atomic mass is 16.5. The van der Waals surface area contributed by atoms with Crippen LogP contribution in [0.5, 0.6) is 0 Å². The molecule has 0 bridgehead atoms. The van der Waals surface area contributed by atoms with Gasteiger partial charge in [0, 0.05) is 12.6 Å². The number of hydrogen-bond acceptors (Lipinski definition) is 2. The maximum absolute atomic E-state index is 6.31. The van der Waals surface area contributed by atoms with Gasteiger partial charge in [0.05, 0.1) is 6.10 Å². The monoisotopic (exact) mass is 231 g/mol. The Morgan fingerprint density at radius 3 is 2.82 bits per heavy atom. The molecule has 0 amide bonds. The Kier molecular flexibility index (Phi) is 3.17. The summed E-state index contributed by atoms with van der Waals surface area (Å²) in [7, 11) is 0. The van der Waals surface area contributed by atoms with Crippen molar-refractivity contribution in [3.05, 3.63) is 35.9 Å². The van der Waals surface area contributed by atoms with Crippen molar-refractivity contribution < 1.29 is 4.74 Å². The third-order valence-corrected chi connectivity index (χ3v) is 4.18. The first kappa shape index (κ1) is 11.2. The molecule has 1 saturated carbocycles. The molecule has 0 aromatic heterocycles. The highest BCUT2D eigenvalue weighted by Crippen LogP contribution is 2.49. The van der Waals surface area contributed by atoms with Gasteiger partial charge in [-0.2, -0.15) is 0 Å². The van der Waals surface area contributed by atoms with Crippen molar-refractivity contribution >= 4 is 0 Å². The predicted molar refractivity (Wildman–Crippen MR) is 68.9 cm³/mol. The van der Waals surface area contributed by atoms with Crippen molar-refractivity contribution in [3.8, 4) is 0 Å². The van der Waals surface area contributed by atoms with Gasteiger partial charge in [0.15, 0.2) is 0 Å². The molecule has 4 atom stereocenters. The molecule has 1 aromatic rings. The van der Waals surface area contributed by atoms with E-state index in [0.717, 1.165) is 13.0 Å². The van der Waals surface area contributed by atoms with E-state index in [1.807, 2.05) is 0 Å². The lowest BCUT2D eigenvalue weighted by Crippen LogP contribution is -2.28. The number of hydrogen-bond donors (Lipinski definition) is 1. The van der Waals surface area contributed by atoms with Crippen molar-refractivity contribution in [2.45, 2.75) is 43.7 Å². The van der Waals surface area contributed by atoms with Crippen LogP contribution in [0, 0.1) is 5.92 Å². The molecule has 2 fully saturated rings. The molecular formula is C15H21NO. The Hall–Kier alpha value is -0.860. The number of ether oxygens (including phenoxy) is 1. The van der Waals surface area contributed by atoms with Gasteiger partial charge in [-0.15, -0.1) is 0 Å². The molecule has 0 radical (unpaired) electrons. The van der Waals surface area contributed by atoms with Crippen LogP contribution < -0.4 is 5.73 Å². The molecule has 2 aliphatic rings. The minimum absolute atomic E-state index is 0.323. The zero-order valence-electron chi connectivity index (χ0n) is 10.2. The van der Waals surface area contributed by atoms with Crippen molar-refractivity contribution in [1.29, 1.82) is 0 Å². The van der Waals surface area contributed by atoms with Crippen LogP contribution in [0.2, 0.25) is 0 Å². The molecule has 1 heterocycles. The van der Waals surface area contributed by atoms with E-state index in [-0.39, 0.29) is 0 Å². The van der Waals surface area contributed by atoms with Gasteiger partial charge in [-0.3, -0.25) is 0 Å². The molecule has 4 unspecified atom stereocenters. The van der Waals surface area contributed by atoms with E-state index in [2.05, 4.69) is 30.3 Å². The zero-order chi connectivity index (χ0) is 11.7. The Bertz CT molecular complexity index is 358. The molecule has 0 spiro atoms. The second kappa shape index (κ2) is 4.79. The normalized spacial score (nSPS) is 33.6. The first-order valence-electron chi connectivity index (χ1n) is 6.76. The number of benzene rings is 1. The Morgan fingerprint density at radius 2 is 2.12 bits per heavy atom. The van der Waals surface area contributed by atoms with E-state index in [1.165, 1.54) is 24.8 Å². The summed E-state index contributed by atoms with van der Waals surface area (Å²) >= 11 is 0. The second-order valence-electron chi connectivity index (χ2n) is 5.45. The van der Waals surface area contributed by atoms with Crippen molar-refractivity contribution in [3.63, 3.8) is 0 Å². The summed E-state index contributed by atoms with van der Waals surface area (Å²) in [4.78, 5) is 0. The molecular weight excluding hydrogens is 210 g/mol. The fourth-order valence-corrected chi connectivity index (χ4v) is 3.08. The summed E-state index contributed by atoms with van der Waals surface area (Å²) in [6, 6.07) is 11.1. The van der Waals surface area contributed by atoms with Crippen LogP contribution in [0.1, 0.15) is 37.2 Å². The summed E-state index contributed by atoms with van der Waals surface area (Å²) in [5.41, 5.74) is 7.77. The molecule has 3 rings (SSSR count). The molecule has 92 valence electrons. The topological polar surface area (TPSA) is 35.2 Å². The van der Waals surface area contributed by atoms with Crippen LogP contribution in [0.3, 0.4) is 0 Å². The molecule has 2 nitrogen and oxygen atoms in total. The van der Waals surface area contributed by atoms with Crippen LogP contribution in [0.25, 0.3) is 0 Å². The summed E-state index contributed by atoms with van der Waals surface area (Å²) < 4.78 is 5.66. The third-order valence-electron chi connectivity index (χ3n) is 4.18. The van der Waals surface area contributed by atoms with Crippen LogP contribution in [-0.2, 0) is 4.74 Å². The average molecular weight is 231 g/mol. The summed E-state index contributed by atoms with van der Waals surface area (Å²) in [5.74, 6) is 1.38. The Labute approximate surface area is 103 Å². The summed E-state index contributed by atoms with van der Waals surface area (Å²) in [5, 5.41) is 0. The number of nitrogens with two attached hydrogens (primary N) is 1. The molecule has 1 aliphatic heterocycles. The first-order valence-corrected chi connectivity index (χ1v) is 6.76. The molecule has 2 N–H and O–H groups in total. The van der Waals surface area contributed by atoms with Crippen molar-refractivity contribution in [2.75, 3.05) is 6.61 Å². The van der Waals surface area contributed by atoms with Gasteiger partial charge in [-0.25, -0.2) is 0 Å². The maximum Gasteiger partial charge on any atom is 0.0590 e. The smallest absolute Gasteiger partial charge is 0.0590 e. The molecule has 1 saturated heterocycles. The van der Waals surface area contributed by atoms with E-state index >= 15 is 0 Å². The third kappa shape index (κ3) is 2.53. The van der Waals surface area contributed by atoms with Gasteiger partial charge >= 0.3 is 0 Å². The lowest BCUT2D eigenvalue weighted by molar-refractivity contribution is 0.0962. The fourth-order valence-electron chi connectivity index (χ4n) is 3.08. The maximum atomic E-state index is 6.31. The highest BCUT2D eigenvalue weighted by molar-refractivity contribution is 5.26. The van der Waals surface area contributed by atoms with Gasteiger partial charge < -0.3 is 10.5 Å². The van der Waals surface area contributed by atoms with Gasteiger partial charge in [-0.1, -0.05) is 30.3 Å². The van der Waals surface area contributed by atoms with E-state index in [0.29, 0.717) is 24.0 Å². The van der Waals surface area contributed by atoms with E-state index in [1.54, 1.807) is 0 Å². The van der Waals surface area contributed by atoms with E-state index in [4.69, 9.17) is 10.5 Å². The fraction of sp³-hybridized carbons (Fsp3) is 0.600. The quantitative estimate of drug-likeness (QED) is 0.864. The van der Waals surface area contributed by atoms with Crippen LogP contribution in [-0.4, -0.2) is 18.8 Å². The minimum Gasteiger partial charge on any atom is -0.378 e. The molecule has 2 heteroatoms. The highest BCUT2D eigenvalue weighted by Gasteiger charge is 2.42. The zero-order valence-corrected chi connectivity index (χ0v) is 10.2. The van der Waals surface area contributed by atoms with Crippen LogP contribution >= 0.6 is 0 Å². The van der Waals surface area contributed by atoms with Crippen molar-refractivity contribution in [1.82, 2.24) is 0 Å². The SMILES string of the molecule is NC(CC1CCCO1)C1CC1c1ccccc1. The molecule has 17 heavy (non-hydrogen) atoms. The Morgan fingerprint density at radius 1 is 1.29 bits per heavy atom. The lowest BCUT2D eigenvalue weighted by atomic mass is 10.00. The minimum atomic E-state index is 0.323. The van der Waals surface area contributed by atoms with Gasteiger partial charge in [-0.05, 0) is 43.1 Å². The number of rotatable bonds is 4. The molecule has 1 aliphatic carbocycles. The standard InChI is InChI=1S/C15H21NO/c16-15(9-12-7-4-8-17-12)14-10-13(14)11-5-2-1-3-6-11/h1-3,5-6,12-15H,4,7-10,16H2. The van der Waals surface area contributed by atoms with Crippen LogP contribution in [0.4, 0.5) is 0 Å². The van der Waals surface area contributed by atoms with Gasteiger partial charge in [0.25, 0.3) is 0 Å². The lowest BCUT2D eigenvalue weighted by Gasteiger charge is -2.16. The van der Waals surface area contributed by atoms with Gasteiger partial charge in [0.1, 0.15) is 0 Å². The summed E-state index contributed by atoms with van der Waals surface area (Å²) in [6.07, 6.45) is 5.16. The van der Waals surface area contributed by atoms with E-state index < -0.39 is 0 Å². The first-order chi connectivity index (χ1) is 8.34. The summed E-state index contributed by atoms with van der Waals surface area (Å²) in [6.45, 7) is 0.935. The predicted octanol–water partition coefficient (Wildman–Crippen LogP) is 2.69. The second-order valence-corrected chi connectivity index (χ2v) is 5.45. The Balaban J connectivity index is 1.53. The average Bonchev–Trinajstić information content (AvgIpc) is 3.02. The molecule has 1 aromatic carbocycles. The largest absolute Gasteiger partial charge is 0.378 e. The van der Waals surface area contributed by atoms with Crippen LogP contribution in [0.15, 0.2) is 30.3 Å².